The molecule has 2 aromatic carbocycles. The zero-order valence-electron chi connectivity index (χ0n) is 15.4. The monoisotopic (exact) mass is 385 g/mol. The average Bonchev–Trinajstić information content (AvgIpc) is 3.14. The van der Waals surface area contributed by atoms with Crippen molar-refractivity contribution in [3.63, 3.8) is 0 Å². The van der Waals surface area contributed by atoms with Crippen LogP contribution >= 0.6 is 0 Å². The van der Waals surface area contributed by atoms with Gasteiger partial charge in [0.15, 0.2) is 23.9 Å². The van der Waals surface area contributed by atoms with Crippen molar-refractivity contribution in [3.05, 3.63) is 47.5 Å². The first-order valence-corrected chi connectivity index (χ1v) is 8.49. The Morgan fingerprint density at radius 3 is 2.61 bits per heavy atom. The molecule has 0 atom stereocenters. The molecule has 0 unspecified atom stereocenters. The van der Waals surface area contributed by atoms with Crippen LogP contribution in [0, 0.1) is 0 Å². The number of nitrogens with one attached hydrogen (secondary N) is 1. The Hall–Kier alpha value is -3.55. The van der Waals surface area contributed by atoms with Crippen molar-refractivity contribution < 1.29 is 33.3 Å². The third-order valence-electron chi connectivity index (χ3n) is 4.04. The lowest BCUT2D eigenvalue weighted by Crippen LogP contribution is -2.21. The van der Waals surface area contributed by atoms with Crippen molar-refractivity contribution in [2.75, 3.05) is 25.8 Å². The lowest BCUT2D eigenvalue weighted by molar-refractivity contribution is -0.146. The summed E-state index contributed by atoms with van der Waals surface area (Å²) in [5.74, 6) is 0.377. The highest BCUT2D eigenvalue weighted by molar-refractivity contribution is 5.95. The number of hydrogen-bond acceptors (Lipinski definition) is 7. The molecular formula is C20H19NO7. The normalized spacial score (nSPS) is 11.6. The van der Waals surface area contributed by atoms with Gasteiger partial charge in [0.2, 0.25) is 6.79 Å². The Labute approximate surface area is 161 Å². The highest BCUT2D eigenvalue weighted by Gasteiger charge is 2.16. The predicted molar refractivity (Wildman–Crippen MR) is 98.9 cm³/mol. The van der Waals surface area contributed by atoms with Crippen molar-refractivity contribution in [2.24, 2.45) is 0 Å². The van der Waals surface area contributed by atoms with E-state index in [0.717, 1.165) is 0 Å². The Morgan fingerprint density at radius 2 is 1.86 bits per heavy atom. The summed E-state index contributed by atoms with van der Waals surface area (Å²) in [5.41, 5.74) is 1.47. The molecule has 8 heteroatoms. The number of carbonyl (C=O) groups is 3. The van der Waals surface area contributed by atoms with Crippen molar-refractivity contribution in [1.82, 2.24) is 0 Å². The van der Waals surface area contributed by atoms with Crippen LogP contribution in [0.15, 0.2) is 36.4 Å². The number of ketones is 1. The molecule has 1 amide bonds. The van der Waals surface area contributed by atoms with Crippen LogP contribution in [0.5, 0.6) is 17.2 Å². The lowest BCUT2D eigenvalue weighted by atomic mass is 10.0. The summed E-state index contributed by atoms with van der Waals surface area (Å²) in [6.07, 6.45) is -0.123. The molecule has 0 radical (unpaired) electrons. The molecule has 146 valence electrons. The Kier molecular flexibility index (Phi) is 5.78. The topological polar surface area (TPSA) is 100 Å². The number of ether oxygens (including phenoxy) is 4. The molecule has 1 aliphatic heterocycles. The van der Waals surface area contributed by atoms with Gasteiger partial charge in [-0.1, -0.05) is 0 Å². The summed E-state index contributed by atoms with van der Waals surface area (Å²) in [7, 11) is 1.47. The molecular weight excluding hydrogens is 366 g/mol. The SMILES string of the molecule is COc1ccc(C(C)=O)cc1CC(=O)OCC(=O)Nc1ccc2c(c1)OCO2. The summed E-state index contributed by atoms with van der Waals surface area (Å²) >= 11 is 0. The van der Waals surface area contributed by atoms with Gasteiger partial charge in [0.05, 0.1) is 13.5 Å². The number of fused-ring (bicyclic) bond motifs is 1. The third kappa shape index (κ3) is 4.59. The standard InChI is InChI=1S/C20H19NO7/c1-12(22)13-3-5-16(25-2)14(7-13)8-20(24)26-10-19(23)21-15-4-6-17-18(9-15)28-11-27-17/h3-7,9H,8,10-11H2,1-2H3,(H,21,23). The average molecular weight is 385 g/mol. The van der Waals surface area contributed by atoms with Gasteiger partial charge in [-0.3, -0.25) is 14.4 Å². The smallest absolute Gasteiger partial charge is 0.310 e. The molecule has 0 aliphatic carbocycles. The predicted octanol–water partition coefficient (Wildman–Crippen LogP) is 2.35. The van der Waals surface area contributed by atoms with Gasteiger partial charge in [-0.2, -0.15) is 0 Å². The summed E-state index contributed by atoms with van der Waals surface area (Å²) in [4.78, 5) is 35.6. The summed E-state index contributed by atoms with van der Waals surface area (Å²) in [6, 6.07) is 9.78. The largest absolute Gasteiger partial charge is 0.496 e. The summed E-state index contributed by atoms with van der Waals surface area (Å²) in [6.45, 7) is 1.13. The molecule has 1 N–H and O–H groups in total. The van der Waals surface area contributed by atoms with E-state index in [1.54, 1.807) is 36.4 Å². The molecule has 0 saturated heterocycles. The van der Waals surface area contributed by atoms with E-state index in [4.69, 9.17) is 18.9 Å². The first-order chi connectivity index (χ1) is 13.5. The number of Topliss-reactive ketones (excluding diaryl/α,β-unsaturated/α-hetero) is 1. The second-order valence-electron chi connectivity index (χ2n) is 6.04. The fraction of sp³-hybridized carbons (Fsp3) is 0.250. The Morgan fingerprint density at radius 1 is 1.07 bits per heavy atom. The lowest BCUT2D eigenvalue weighted by Gasteiger charge is -2.10. The highest BCUT2D eigenvalue weighted by Crippen LogP contribution is 2.34. The van der Waals surface area contributed by atoms with Crippen LogP contribution in [-0.2, 0) is 20.7 Å². The number of methoxy groups -OCH3 is 1. The van der Waals surface area contributed by atoms with E-state index in [1.165, 1.54) is 14.0 Å². The second kappa shape index (κ2) is 8.43. The number of benzene rings is 2. The minimum absolute atomic E-state index is 0.123. The molecule has 0 spiro atoms. The molecule has 0 saturated carbocycles. The van der Waals surface area contributed by atoms with Crippen LogP contribution in [0.1, 0.15) is 22.8 Å². The van der Waals surface area contributed by atoms with Gasteiger partial charge >= 0.3 is 5.97 Å². The zero-order valence-corrected chi connectivity index (χ0v) is 15.4. The van der Waals surface area contributed by atoms with Crippen molar-refractivity contribution in [1.29, 1.82) is 0 Å². The molecule has 1 aliphatic rings. The minimum Gasteiger partial charge on any atom is -0.496 e. The van der Waals surface area contributed by atoms with Crippen molar-refractivity contribution in [3.8, 4) is 17.2 Å². The maximum atomic E-state index is 12.1. The molecule has 3 rings (SSSR count). The second-order valence-corrected chi connectivity index (χ2v) is 6.04. The fourth-order valence-corrected chi connectivity index (χ4v) is 2.66. The molecule has 1 heterocycles. The van der Waals surface area contributed by atoms with Gasteiger partial charge in [0.1, 0.15) is 5.75 Å². The van der Waals surface area contributed by atoms with Gasteiger partial charge in [0, 0.05) is 22.9 Å². The molecule has 28 heavy (non-hydrogen) atoms. The van der Waals surface area contributed by atoms with Crippen LogP contribution in [0.25, 0.3) is 0 Å². The maximum absolute atomic E-state index is 12.1. The summed E-state index contributed by atoms with van der Waals surface area (Å²) in [5, 5.41) is 2.62. The van der Waals surface area contributed by atoms with E-state index >= 15 is 0 Å². The number of rotatable bonds is 7. The van der Waals surface area contributed by atoms with E-state index < -0.39 is 18.5 Å². The van der Waals surface area contributed by atoms with Crippen LogP contribution in [0.4, 0.5) is 5.69 Å². The molecule has 0 bridgehead atoms. The van der Waals surface area contributed by atoms with Crippen LogP contribution in [0.2, 0.25) is 0 Å². The molecule has 8 nitrogen and oxygen atoms in total. The number of anilines is 1. The third-order valence-corrected chi connectivity index (χ3v) is 4.04. The number of hydrogen-bond donors (Lipinski definition) is 1. The van der Waals surface area contributed by atoms with Crippen LogP contribution in [-0.4, -0.2) is 38.2 Å². The van der Waals surface area contributed by atoms with Crippen LogP contribution in [0.3, 0.4) is 0 Å². The van der Waals surface area contributed by atoms with E-state index in [9.17, 15) is 14.4 Å². The molecule has 0 aromatic heterocycles. The Bertz CT molecular complexity index is 923. The van der Waals surface area contributed by atoms with Crippen molar-refractivity contribution >= 4 is 23.3 Å². The number of esters is 1. The van der Waals surface area contributed by atoms with E-state index in [1.807, 2.05) is 0 Å². The van der Waals surface area contributed by atoms with Gasteiger partial charge < -0.3 is 24.3 Å². The number of amides is 1. The fourth-order valence-electron chi connectivity index (χ4n) is 2.66. The molecule has 0 fully saturated rings. The van der Waals surface area contributed by atoms with E-state index in [2.05, 4.69) is 5.32 Å². The van der Waals surface area contributed by atoms with Gasteiger partial charge in [-0.15, -0.1) is 0 Å². The van der Waals surface area contributed by atoms with Gasteiger partial charge in [-0.25, -0.2) is 0 Å². The highest BCUT2D eigenvalue weighted by atomic mass is 16.7. The van der Waals surface area contributed by atoms with E-state index in [0.29, 0.717) is 34.1 Å². The first-order valence-electron chi connectivity index (χ1n) is 8.49. The first kappa shape index (κ1) is 19.2. The zero-order chi connectivity index (χ0) is 20.1. The number of carbonyl (C=O) groups excluding carboxylic acids is 3. The van der Waals surface area contributed by atoms with Crippen molar-refractivity contribution in [2.45, 2.75) is 13.3 Å². The van der Waals surface area contributed by atoms with Gasteiger partial charge in [0.25, 0.3) is 5.91 Å². The molecule has 2 aromatic rings. The Balaban J connectivity index is 1.54. The minimum atomic E-state index is -0.611. The summed E-state index contributed by atoms with van der Waals surface area (Å²) < 4.78 is 20.7. The quantitative estimate of drug-likeness (QED) is 0.577. The van der Waals surface area contributed by atoms with Crippen LogP contribution < -0.4 is 19.5 Å². The maximum Gasteiger partial charge on any atom is 0.310 e. The van der Waals surface area contributed by atoms with Gasteiger partial charge in [-0.05, 0) is 37.3 Å². The van der Waals surface area contributed by atoms with E-state index in [-0.39, 0.29) is 19.0 Å².